The van der Waals surface area contributed by atoms with Gasteiger partial charge < -0.3 is 4.74 Å². The third-order valence-electron chi connectivity index (χ3n) is 3.05. The maximum absolute atomic E-state index is 11.0. The molecular weight excluding hydrogens is 200 g/mol. The summed E-state index contributed by atoms with van der Waals surface area (Å²) in [6.45, 7) is 2.20. The Labute approximate surface area is 96.6 Å². The second-order valence-corrected chi connectivity index (χ2v) is 4.36. The highest BCUT2D eigenvalue weighted by Crippen LogP contribution is 2.29. The molecule has 1 fully saturated rings. The number of esters is 1. The lowest BCUT2D eigenvalue weighted by molar-refractivity contribution is -0.141. The summed E-state index contributed by atoms with van der Waals surface area (Å²) in [5.74, 6) is -0.0694. The van der Waals surface area contributed by atoms with Crippen LogP contribution in [0, 0.1) is 0 Å². The van der Waals surface area contributed by atoms with Crippen LogP contribution in [0.15, 0.2) is 24.3 Å². The molecule has 1 atom stereocenters. The van der Waals surface area contributed by atoms with Crippen molar-refractivity contribution in [1.82, 2.24) is 0 Å². The third-order valence-corrected chi connectivity index (χ3v) is 3.05. The maximum Gasteiger partial charge on any atom is 0.306 e. The lowest BCUT2D eigenvalue weighted by Crippen LogP contribution is -1.98. The van der Waals surface area contributed by atoms with Gasteiger partial charge in [0.15, 0.2) is 0 Å². The van der Waals surface area contributed by atoms with Crippen LogP contribution in [0.5, 0.6) is 0 Å². The van der Waals surface area contributed by atoms with Crippen LogP contribution >= 0.6 is 0 Å². The molecule has 1 aromatic rings. The molecule has 2 nitrogen and oxygen atoms in total. The van der Waals surface area contributed by atoms with Crippen LogP contribution in [0.2, 0.25) is 0 Å². The summed E-state index contributed by atoms with van der Waals surface area (Å²) in [4.78, 5) is 11.0. The molecule has 1 unspecified atom stereocenters. The van der Waals surface area contributed by atoms with Crippen LogP contribution in [0.3, 0.4) is 0 Å². The first-order valence-corrected chi connectivity index (χ1v) is 6.08. The quantitative estimate of drug-likeness (QED) is 0.724. The number of aryl methyl sites for hydroxylation is 1. The number of rotatable bonds is 4. The van der Waals surface area contributed by atoms with E-state index in [4.69, 9.17) is 4.74 Å². The second kappa shape index (κ2) is 5.15. The third kappa shape index (κ3) is 2.63. The van der Waals surface area contributed by atoms with E-state index in [1.807, 2.05) is 0 Å². The van der Waals surface area contributed by atoms with Crippen LogP contribution in [0.4, 0.5) is 0 Å². The summed E-state index contributed by atoms with van der Waals surface area (Å²) in [6.07, 6.45) is 4.98. The lowest BCUT2D eigenvalue weighted by atomic mass is 10.0. The molecule has 1 heterocycles. The molecule has 2 rings (SSSR count). The highest BCUT2D eigenvalue weighted by molar-refractivity contribution is 5.71. The van der Waals surface area contributed by atoms with Gasteiger partial charge in [0, 0.05) is 6.42 Å². The minimum atomic E-state index is -0.0694. The molecule has 0 radical (unpaired) electrons. The Hall–Kier alpha value is -1.31. The predicted molar refractivity (Wildman–Crippen MR) is 63.1 cm³/mol. The Kier molecular flexibility index (Phi) is 3.60. The van der Waals surface area contributed by atoms with E-state index in [0.717, 1.165) is 18.4 Å². The molecule has 1 saturated heterocycles. The molecule has 16 heavy (non-hydrogen) atoms. The van der Waals surface area contributed by atoms with Gasteiger partial charge in [-0.2, -0.15) is 0 Å². The predicted octanol–water partition coefficient (Wildman–Crippen LogP) is 3.41. The molecule has 0 bridgehead atoms. The van der Waals surface area contributed by atoms with Crippen molar-refractivity contribution in [2.45, 2.75) is 45.1 Å². The molecule has 0 spiro atoms. The van der Waals surface area contributed by atoms with Gasteiger partial charge in [0.1, 0.15) is 6.10 Å². The number of ether oxygens (including phenoxy) is 1. The average Bonchev–Trinajstić information content (AvgIpc) is 2.74. The first-order valence-electron chi connectivity index (χ1n) is 6.08. The number of carbonyl (C=O) groups is 1. The van der Waals surface area contributed by atoms with E-state index in [9.17, 15) is 4.79 Å². The molecular formula is C14H18O2. The first-order chi connectivity index (χ1) is 7.79. The van der Waals surface area contributed by atoms with Crippen LogP contribution in [0.25, 0.3) is 0 Å². The summed E-state index contributed by atoms with van der Waals surface area (Å²) in [7, 11) is 0. The molecule has 0 aromatic heterocycles. The van der Waals surface area contributed by atoms with Crippen molar-refractivity contribution in [3.63, 3.8) is 0 Å². The summed E-state index contributed by atoms with van der Waals surface area (Å²) in [6, 6.07) is 8.48. The van der Waals surface area contributed by atoms with E-state index in [1.54, 1.807) is 0 Å². The van der Waals surface area contributed by atoms with E-state index in [0.29, 0.717) is 6.42 Å². The SMILES string of the molecule is CCCCc1ccc(C2CCC(=O)O2)cc1. The minimum absolute atomic E-state index is 0.00674. The fraction of sp³-hybridized carbons (Fsp3) is 0.500. The minimum Gasteiger partial charge on any atom is -0.457 e. The molecule has 1 aliphatic rings. The van der Waals surface area contributed by atoms with Gasteiger partial charge in [-0.3, -0.25) is 4.79 Å². The highest BCUT2D eigenvalue weighted by Gasteiger charge is 2.24. The van der Waals surface area contributed by atoms with Gasteiger partial charge in [-0.15, -0.1) is 0 Å². The fourth-order valence-electron chi connectivity index (χ4n) is 2.04. The van der Waals surface area contributed by atoms with Gasteiger partial charge in [-0.25, -0.2) is 0 Å². The van der Waals surface area contributed by atoms with Gasteiger partial charge in [0.05, 0.1) is 0 Å². The second-order valence-electron chi connectivity index (χ2n) is 4.36. The molecule has 0 aliphatic carbocycles. The number of hydrogen-bond acceptors (Lipinski definition) is 2. The van der Waals surface area contributed by atoms with Crippen LogP contribution in [0.1, 0.15) is 49.8 Å². The van der Waals surface area contributed by atoms with Crippen molar-refractivity contribution >= 4 is 5.97 Å². The van der Waals surface area contributed by atoms with Crippen LogP contribution in [-0.4, -0.2) is 5.97 Å². The van der Waals surface area contributed by atoms with Gasteiger partial charge in [-0.1, -0.05) is 37.6 Å². The topological polar surface area (TPSA) is 26.3 Å². The van der Waals surface area contributed by atoms with Crippen molar-refractivity contribution in [3.05, 3.63) is 35.4 Å². The van der Waals surface area contributed by atoms with Crippen LogP contribution in [-0.2, 0) is 16.0 Å². The largest absolute Gasteiger partial charge is 0.457 e. The number of benzene rings is 1. The van der Waals surface area contributed by atoms with Gasteiger partial charge in [-0.05, 0) is 30.4 Å². The standard InChI is InChI=1S/C14H18O2/c1-2-3-4-11-5-7-12(8-6-11)13-9-10-14(15)16-13/h5-8,13H,2-4,9-10H2,1H3. The summed E-state index contributed by atoms with van der Waals surface area (Å²) in [5, 5.41) is 0. The Balaban J connectivity index is 1.99. The van der Waals surface area contributed by atoms with E-state index >= 15 is 0 Å². The zero-order valence-corrected chi connectivity index (χ0v) is 9.74. The monoisotopic (exact) mass is 218 g/mol. The Morgan fingerprint density at radius 3 is 2.62 bits per heavy atom. The van der Waals surface area contributed by atoms with Gasteiger partial charge >= 0.3 is 5.97 Å². The maximum atomic E-state index is 11.0. The Bertz CT molecular complexity index is 354. The number of cyclic esters (lactones) is 1. The molecule has 0 saturated carbocycles. The molecule has 86 valence electrons. The van der Waals surface area contributed by atoms with Crippen molar-refractivity contribution in [2.75, 3.05) is 0 Å². The number of hydrogen-bond donors (Lipinski definition) is 0. The zero-order valence-electron chi connectivity index (χ0n) is 9.74. The van der Waals surface area contributed by atoms with Crippen molar-refractivity contribution < 1.29 is 9.53 Å². The molecule has 1 aliphatic heterocycles. The summed E-state index contributed by atoms with van der Waals surface area (Å²) >= 11 is 0. The smallest absolute Gasteiger partial charge is 0.306 e. The van der Waals surface area contributed by atoms with Gasteiger partial charge in [0.25, 0.3) is 0 Å². The van der Waals surface area contributed by atoms with E-state index in [1.165, 1.54) is 18.4 Å². The van der Waals surface area contributed by atoms with Crippen molar-refractivity contribution in [1.29, 1.82) is 0 Å². The Morgan fingerprint density at radius 1 is 1.31 bits per heavy atom. The van der Waals surface area contributed by atoms with Gasteiger partial charge in [0.2, 0.25) is 0 Å². The van der Waals surface area contributed by atoms with Crippen LogP contribution < -0.4 is 0 Å². The molecule has 1 aromatic carbocycles. The van der Waals surface area contributed by atoms with E-state index in [-0.39, 0.29) is 12.1 Å². The van der Waals surface area contributed by atoms with Crippen molar-refractivity contribution in [3.8, 4) is 0 Å². The summed E-state index contributed by atoms with van der Waals surface area (Å²) in [5.41, 5.74) is 2.50. The lowest BCUT2D eigenvalue weighted by Gasteiger charge is -2.10. The first kappa shape index (κ1) is 11.2. The average molecular weight is 218 g/mol. The normalized spacial score (nSPS) is 19.8. The number of carbonyl (C=O) groups excluding carboxylic acids is 1. The fourth-order valence-corrected chi connectivity index (χ4v) is 2.04. The molecule has 0 N–H and O–H groups in total. The summed E-state index contributed by atoms with van der Waals surface area (Å²) < 4.78 is 5.23. The highest BCUT2D eigenvalue weighted by atomic mass is 16.5. The Morgan fingerprint density at radius 2 is 2.06 bits per heavy atom. The molecule has 0 amide bonds. The van der Waals surface area contributed by atoms with E-state index in [2.05, 4.69) is 31.2 Å². The molecule has 2 heteroatoms. The number of unbranched alkanes of at least 4 members (excludes halogenated alkanes) is 1. The van der Waals surface area contributed by atoms with E-state index < -0.39 is 0 Å². The van der Waals surface area contributed by atoms with Crippen molar-refractivity contribution in [2.24, 2.45) is 0 Å². The zero-order chi connectivity index (χ0) is 11.4.